The average molecular weight is 444 g/mol. The molecule has 0 amide bonds. The molecule has 2 saturated heterocycles. The van der Waals surface area contributed by atoms with Gasteiger partial charge in [0.25, 0.3) is 0 Å². The van der Waals surface area contributed by atoms with Crippen molar-refractivity contribution >= 4 is 5.69 Å². The number of pyridine rings is 1. The number of nitrogens with zero attached hydrogens (tertiary/aromatic N) is 5. The van der Waals surface area contributed by atoms with E-state index in [1.165, 1.54) is 0 Å². The van der Waals surface area contributed by atoms with Crippen LogP contribution in [0.3, 0.4) is 0 Å². The molecule has 174 valence electrons. The van der Waals surface area contributed by atoms with Gasteiger partial charge in [0.05, 0.1) is 50.0 Å². The summed E-state index contributed by atoms with van der Waals surface area (Å²) >= 11 is 0. The molecule has 2 aromatic heterocycles. The second-order valence-corrected chi connectivity index (χ2v) is 9.64. The van der Waals surface area contributed by atoms with Gasteiger partial charge in [-0.2, -0.15) is 0 Å². The summed E-state index contributed by atoms with van der Waals surface area (Å²) in [5.41, 5.74) is 2.34. The minimum Gasteiger partial charge on any atom is -0.488 e. The van der Waals surface area contributed by atoms with Crippen LogP contribution >= 0.6 is 0 Å². The summed E-state index contributed by atoms with van der Waals surface area (Å²) in [5.74, 6) is 0.739. The Hall–Kier alpha value is -2.23. The Kier molecular flexibility index (Phi) is 6.05. The van der Waals surface area contributed by atoms with Crippen LogP contribution in [0.25, 0.3) is 11.4 Å². The molecule has 9 heteroatoms. The number of hydrogen-bond donors (Lipinski definition) is 1. The summed E-state index contributed by atoms with van der Waals surface area (Å²) in [6.45, 7) is 7.29. The predicted octanol–water partition coefficient (Wildman–Crippen LogP) is 2.63. The van der Waals surface area contributed by atoms with Gasteiger partial charge in [0.2, 0.25) is 0 Å². The highest BCUT2D eigenvalue weighted by molar-refractivity contribution is 5.66. The largest absolute Gasteiger partial charge is 0.488 e. The number of aliphatic hydroxyl groups excluding tert-OH is 1. The third-order valence-corrected chi connectivity index (χ3v) is 6.36. The van der Waals surface area contributed by atoms with Crippen molar-refractivity contribution in [2.24, 2.45) is 5.41 Å². The molecule has 1 saturated carbocycles. The van der Waals surface area contributed by atoms with Crippen LogP contribution in [0.5, 0.6) is 5.75 Å². The van der Waals surface area contributed by atoms with E-state index in [0.717, 1.165) is 56.6 Å². The topological polar surface area (TPSA) is 94.8 Å². The van der Waals surface area contributed by atoms with Gasteiger partial charge in [0.1, 0.15) is 17.1 Å². The molecule has 3 aliphatic rings. The van der Waals surface area contributed by atoms with Crippen molar-refractivity contribution in [3.63, 3.8) is 0 Å². The summed E-state index contributed by atoms with van der Waals surface area (Å²) in [6.07, 6.45) is 9.16. The second-order valence-electron chi connectivity index (χ2n) is 9.64. The number of aliphatic hydroxyl groups is 1. The Morgan fingerprint density at radius 2 is 2.12 bits per heavy atom. The number of aromatic nitrogens is 4. The van der Waals surface area contributed by atoms with E-state index in [0.29, 0.717) is 24.5 Å². The Labute approximate surface area is 188 Å². The predicted molar refractivity (Wildman–Crippen MR) is 118 cm³/mol. The number of hydrogen-bond acceptors (Lipinski definition) is 8. The zero-order valence-corrected chi connectivity index (χ0v) is 18.9. The van der Waals surface area contributed by atoms with Gasteiger partial charge in [-0.3, -0.25) is 0 Å². The molecule has 4 heterocycles. The fourth-order valence-corrected chi connectivity index (χ4v) is 4.34. The van der Waals surface area contributed by atoms with E-state index in [4.69, 9.17) is 19.2 Å². The van der Waals surface area contributed by atoms with Crippen molar-refractivity contribution in [2.75, 3.05) is 31.2 Å². The minimum absolute atomic E-state index is 0.0434. The molecule has 2 unspecified atom stereocenters. The van der Waals surface area contributed by atoms with Gasteiger partial charge < -0.3 is 24.2 Å². The lowest BCUT2D eigenvalue weighted by Crippen LogP contribution is -2.56. The van der Waals surface area contributed by atoms with Crippen LogP contribution in [0.1, 0.15) is 46.0 Å². The van der Waals surface area contributed by atoms with E-state index in [2.05, 4.69) is 29.1 Å². The molecule has 2 atom stereocenters. The quantitative estimate of drug-likeness (QED) is 0.632. The summed E-state index contributed by atoms with van der Waals surface area (Å²) in [6, 6.07) is 2.04. The first kappa shape index (κ1) is 21.6. The van der Waals surface area contributed by atoms with Crippen LogP contribution in [-0.4, -0.2) is 69.9 Å². The second kappa shape index (κ2) is 8.96. The Morgan fingerprint density at radius 1 is 1.28 bits per heavy atom. The summed E-state index contributed by atoms with van der Waals surface area (Å²) < 4.78 is 19.8. The smallest absolute Gasteiger partial charge is 0.177 e. The molecule has 0 spiro atoms. The SMILES string of the molecule is CCCC1CCOC(Cn2cc(-c3ncc(N4CC(C)(CO)C4)cc3OC3CC3)nn2)O1. The molecular weight excluding hydrogens is 410 g/mol. The molecule has 5 rings (SSSR count). The highest BCUT2D eigenvalue weighted by Crippen LogP contribution is 2.39. The van der Waals surface area contributed by atoms with E-state index in [9.17, 15) is 5.11 Å². The number of rotatable bonds is 9. The van der Waals surface area contributed by atoms with Gasteiger partial charge in [-0.15, -0.1) is 5.10 Å². The maximum Gasteiger partial charge on any atom is 0.177 e. The first-order valence-corrected chi connectivity index (χ1v) is 11.8. The first-order chi connectivity index (χ1) is 15.5. The molecule has 0 aromatic carbocycles. The molecule has 32 heavy (non-hydrogen) atoms. The summed E-state index contributed by atoms with van der Waals surface area (Å²) in [4.78, 5) is 6.91. The maximum atomic E-state index is 9.54. The molecule has 1 aliphatic carbocycles. The zero-order valence-electron chi connectivity index (χ0n) is 18.9. The summed E-state index contributed by atoms with van der Waals surface area (Å²) in [5, 5.41) is 18.2. The van der Waals surface area contributed by atoms with Crippen LogP contribution in [0.15, 0.2) is 18.5 Å². The molecule has 0 bridgehead atoms. The van der Waals surface area contributed by atoms with E-state index in [1.807, 2.05) is 18.5 Å². The Morgan fingerprint density at radius 3 is 2.88 bits per heavy atom. The molecular formula is C23H33N5O4. The summed E-state index contributed by atoms with van der Waals surface area (Å²) in [7, 11) is 0. The molecule has 1 N–H and O–H groups in total. The van der Waals surface area contributed by atoms with Crippen molar-refractivity contribution in [2.45, 2.75) is 71.0 Å². The van der Waals surface area contributed by atoms with Gasteiger partial charge in [0, 0.05) is 24.6 Å². The van der Waals surface area contributed by atoms with Gasteiger partial charge in [0.15, 0.2) is 6.29 Å². The lowest BCUT2D eigenvalue weighted by atomic mass is 9.82. The standard InChI is InChI=1S/C23H33N5O4/c1-3-4-17-7-8-30-21(32-17)12-28-11-19(25-26-28)22-20(31-18-5-6-18)9-16(10-24-22)27-13-23(2,14-27)15-29/h9-11,17-18,21,29H,3-8,12-15H2,1-2H3. The van der Waals surface area contributed by atoms with E-state index >= 15 is 0 Å². The average Bonchev–Trinajstić information content (AvgIpc) is 3.47. The number of ether oxygens (including phenoxy) is 3. The van der Waals surface area contributed by atoms with Crippen molar-refractivity contribution in [3.05, 3.63) is 18.5 Å². The van der Waals surface area contributed by atoms with Crippen LogP contribution in [0.4, 0.5) is 5.69 Å². The van der Waals surface area contributed by atoms with E-state index in [1.54, 1.807) is 4.68 Å². The lowest BCUT2D eigenvalue weighted by Gasteiger charge is -2.48. The highest BCUT2D eigenvalue weighted by Gasteiger charge is 2.39. The van der Waals surface area contributed by atoms with Gasteiger partial charge >= 0.3 is 0 Å². The van der Waals surface area contributed by atoms with Crippen LogP contribution < -0.4 is 9.64 Å². The Balaban J connectivity index is 1.30. The lowest BCUT2D eigenvalue weighted by molar-refractivity contribution is -0.219. The van der Waals surface area contributed by atoms with Crippen molar-refractivity contribution in [3.8, 4) is 17.1 Å². The fourth-order valence-electron chi connectivity index (χ4n) is 4.34. The molecule has 3 fully saturated rings. The molecule has 2 aliphatic heterocycles. The van der Waals surface area contributed by atoms with Gasteiger partial charge in [-0.05, 0) is 25.7 Å². The highest BCUT2D eigenvalue weighted by atomic mass is 16.7. The third-order valence-electron chi connectivity index (χ3n) is 6.36. The van der Waals surface area contributed by atoms with Crippen molar-refractivity contribution in [1.29, 1.82) is 0 Å². The normalized spacial score (nSPS) is 24.9. The van der Waals surface area contributed by atoms with Crippen LogP contribution in [-0.2, 0) is 16.0 Å². The minimum atomic E-state index is -0.306. The zero-order chi connectivity index (χ0) is 22.1. The van der Waals surface area contributed by atoms with E-state index in [-0.39, 0.29) is 30.5 Å². The molecule has 2 aromatic rings. The Bertz CT molecular complexity index is 923. The van der Waals surface area contributed by atoms with Gasteiger partial charge in [-0.1, -0.05) is 25.5 Å². The molecule has 0 radical (unpaired) electrons. The van der Waals surface area contributed by atoms with Gasteiger partial charge in [-0.25, -0.2) is 9.67 Å². The third kappa shape index (κ3) is 4.74. The number of anilines is 1. The van der Waals surface area contributed by atoms with E-state index < -0.39 is 0 Å². The fraction of sp³-hybridized carbons (Fsp3) is 0.696. The molecule has 9 nitrogen and oxygen atoms in total. The van der Waals surface area contributed by atoms with Crippen molar-refractivity contribution < 1.29 is 19.3 Å². The first-order valence-electron chi connectivity index (χ1n) is 11.8. The maximum absolute atomic E-state index is 9.54. The van der Waals surface area contributed by atoms with Crippen LogP contribution in [0.2, 0.25) is 0 Å². The monoisotopic (exact) mass is 443 g/mol. The van der Waals surface area contributed by atoms with Crippen LogP contribution in [0, 0.1) is 5.41 Å². The van der Waals surface area contributed by atoms with Crippen molar-refractivity contribution in [1.82, 2.24) is 20.0 Å².